The molecule has 2 aromatic rings. The molecule has 7 nitrogen and oxygen atoms in total. The lowest BCUT2D eigenvalue weighted by atomic mass is 10.0. The minimum atomic E-state index is -0.668. The van der Waals surface area contributed by atoms with Crippen LogP contribution in [0.15, 0.2) is 54.6 Å². The average molecular weight is 411 g/mol. The number of benzene rings is 2. The zero-order chi connectivity index (χ0) is 22.1. The second-order valence-electron chi connectivity index (χ2n) is 7.74. The quantitative estimate of drug-likeness (QED) is 0.533. The van der Waals surface area contributed by atoms with Gasteiger partial charge in [-0.1, -0.05) is 58.0 Å². The maximum absolute atomic E-state index is 12.6. The van der Waals surface area contributed by atoms with Crippen LogP contribution in [0.3, 0.4) is 0 Å². The van der Waals surface area contributed by atoms with Crippen molar-refractivity contribution >= 4 is 29.2 Å². The number of carbonyl (C=O) groups is 3. The van der Waals surface area contributed by atoms with E-state index < -0.39 is 12.1 Å². The van der Waals surface area contributed by atoms with Gasteiger partial charge in [0.15, 0.2) is 0 Å². The SMILES string of the molecule is CC(C)C(=O)Nc1ccc(CNC(=O)C(NC(=O)Nc2ccccc2)C(C)C)cc1. The second kappa shape index (κ2) is 11.0. The molecule has 160 valence electrons. The smallest absolute Gasteiger partial charge is 0.319 e. The lowest BCUT2D eigenvalue weighted by Gasteiger charge is -2.22. The van der Waals surface area contributed by atoms with Gasteiger partial charge in [0.2, 0.25) is 11.8 Å². The summed E-state index contributed by atoms with van der Waals surface area (Å²) >= 11 is 0. The first-order valence-electron chi connectivity index (χ1n) is 10.1. The molecule has 0 aliphatic carbocycles. The van der Waals surface area contributed by atoms with Crippen molar-refractivity contribution in [2.45, 2.75) is 40.3 Å². The van der Waals surface area contributed by atoms with Gasteiger partial charge in [0, 0.05) is 23.8 Å². The minimum absolute atomic E-state index is 0.0457. The van der Waals surface area contributed by atoms with Crippen LogP contribution in [0, 0.1) is 11.8 Å². The molecule has 0 heterocycles. The maximum atomic E-state index is 12.6. The molecule has 0 saturated heterocycles. The van der Waals surface area contributed by atoms with E-state index in [-0.39, 0.29) is 23.7 Å². The fourth-order valence-electron chi connectivity index (χ4n) is 2.66. The standard InChI is InChI=1S/C23H30N4O3/c1-15(2)20(27-23(30)26-18-8-6-5-7-9-18)22(29)24-14-17-10-12-19(13-11-17)25-21(28)16(3)4/h5-13,15-16,20H,14H2,1-4H3,(H,24,29)(H,25,28)(H2,26,27,30). The van der Waals surface area contributed by atoms with Crippen molar-refractivity contribution in [3.63, 3.8) is 0 Å². The molecule has 0 aliphatic heterocycles. The van der Waals surface area contributed by atoms with Gasteiger partial charge in [0.05, 0.1) is 0 Å². The number of carbonyl (C=O) groups excluding carboxylic acids is 3. The molecule has 0 spiro atoms. The van der Waals surface area contributed by atoms with Gasteiger partial charge in [0.1, 0.15) is 6.04 Å². The summed E-state index contributed by atoms with van der Waals surface area (Å²) in [6.07, 6.45) is 0. The minimum Gasteiger partial charge on any atom is -0.350 e. The Morgan fingerprint density at radius 1 is 0.767 bits per heavy atom. The molecule has 0 saturated carbocycles. The van der Waals surface area contributed by atoms with Crippen molar-refractivity contribution in [2.24, 2.45) is 11.8 Å². The van der Waals surface area contributed by atoms with Crippen LogP contribution in [-0.4, -0.2) is 23.9 Å². The molecule has 4 N–H and O–H groups in total. The average Bonchev–Trinajstić information content (AvgIpc) is 2.71. The number of rotatable bonds is 8. The van der Waals surface area contributed by atoms with Crippen molar-refractivity contribution in [3.05, 3.63) is 60.2 Å². The number of hydrogen-bond donors (Lipinski definition) is 4. The Bertz CT molecular complexity index is 849. The highest BCUT2D eigenvalue weighted by Crippen LogP contribution is 2.12. The van der Waals surface area contributed by atoms with Crippen molar-refractivity contribution in [2.75, 3.05) is 10.6 Å². The van der Waals surface area contributed by atoms with E-state index in [0.29, 0.717) is 17.9 Å². The van der Waals surface area contributed by atoms with Crippen molar-refractivity contribution < 1.29 is 14.4 Å². The Kier molecular flexibility index (Phi) is 8.41. The monoisotopic (exact) mass is 410 g/mol. The molecular weight excluding hydrogens is 380 g/mol. The van der Waals surface area contributed by atoms with Crippen LogP contribution >= 0.6 is 0 Å². The molecule has 2 rings (SSSR count). The summed E-state index contributed by atoms with van der Waals surface area (Å²) in [6, 6.07) is 15.2. The largest absolute Gasteiger partial charge is 0.350 e. The van der Waals surface area contributed by atoms with E-state index in [9.17, 15) is 14.4 Å². The van der Waals surface area contributed by atoms with E-state index in [1.807, 2.05) is 58.0 Å². The van der Waals surface area contributed by atoms with Gasteiger partial charge < -0.3 is 21.3 Å². The highest BCUT2D eigenvalue weighted by molar-refractivity contribution is 5.94. The third-order valence-corrected chi connectivity index (χ3v) is 4.48. The maximum Gasteiger partial charge on any atom is 0.319 e. The van der Waals surface area contributed by atoms with Gasteiger partial charge in [0.25, 0.3) is 0 Å². The zero-order valence-electron chi connectivity index (χ0n) is 17.9. The van der Waals surface area contributed by atoms with E-state index in [2.05, 4.69) is 21.3 Å². The fraction of sp³-hybridized carbons (Fsp3) is 0.348. The summed E-state index contributed by atoms with van der Waals surface area (Å²) in [6.45, 7) is 7.73. The zero-order valence-corrected chi connectivity index (χ0v) is 17.9. The molecule has 30 heavy (non-hydrogen) atoms. The number of para-hydroxylation sites is 1. The normalized spacial score (nSPS) is 11.7. The molecule has 1 atom stereocenters. The number of urea groups is 1. The van der Waals surface area contributed by atoms with Crippen molar-refractivity contribution in [1.82, 2.24) is 10.6 Å². The van der Waals surface area contributed by atoms with E-state index >= 15 is 0 Å². The molecule has 1 unspecified atom stereocenters. The van der Waals surface area contributed by atoms with E-state index in [1.165, 1.54) is 0 Å². The third-order valence-electron chi connectivity index (χ3n) is 4.48. The first-order chi connectivity index (χ1) is 14.3. The summed E-state index contributed by atoms with van der Waals surface area (Å²) in [4.78, 5) is 36.6. The van der Waals surface area contributed by atoms with Crippen LogP contribution in [0.4, 0.5) is 16.2 Å². The molecule has 0 bridgehead atoms. The Morgan fingerprint density at radius 3 is 1.93 bits per heavy atom. The van der Waals surface area contributed by atoms with Gasteiger partial charge in [-0.05, 0) is 35.7 Å². The lowest BCUT2D eigenvalue weighted by Crippen LogP contribution is -2.50. The van der Waals surface area contributed by atoms with Crippen LogP contribution < -0.4 is 21.3 Å². The van der Waals surface area contributed by atoms with Crippen molar-refractivity contribution in [3.8, 4) is 0 Å². The molecule has 0 radical (unpaired) electrons. The number of nitrogens with one attached hydrogen (secondary N) is 4. The summed E-state index contributed by atoms with van der Waals surface area (Å²) in [5.74, 6) is -0.482. The summed E-state index contributed by atoms with van der Waals surface area (Å²) in [5, 5.41) is 11.1. The molecule has 0 fully saturated rings. The van der Waals surface area contributed by atoms with Gasteiger partial charge in [-0.15, -0.1) is 0 Å². The molecule has 2 aromatic carbocycles. The molecule has 0 aliphatic rings. The van der Waals surface area contributed by atoms with Crippen LogP contribution in [-0.2, 0) is 16.1 Å². The van der Waals surface area contributed by atoms with Gasteiger partial charge in [-0.25, -0.2) is 4.79 Å². The van der Waals surface area contributed by atoms with Gasteiger partial charge in [-0.3, -0.25) is 9.59 Å². The predicted octanol–water partition coefficient (Wildman–Crippen LogP) is 3.74. The predicted molar refractivity (Wildman–Crippen MR) is 119 cm³/mol. The summed E-state index contributed by atoms with van der Waals surface area (Å²) < 4.78 is 0. The van der Waals surface area contributed by atoms with E-state index in [4.69, 9.17) is 0 Å². The Hall–Kier alpha value is -3.35. The highest BCUT2D eigenvalue weighted by atomic mass is 16.2. The van der Waals surface area contributed by atoms with Gasteiger partial charge >= 0.3 is 6.03 Å². The third kappa shape index (κ3) is 7.24. The Labute approximate surface area is 177 Å². The number of hydrogen-bond acceptors (Lipinski definition) is 3. The van der Waals surface area contributed by atoms with Gasteiger partial charge in [-0.2, -0.15) is 0 Å². The topological polar surface area (TPSA) is 99.3 Å². The van der Waals surface area contributed by atoms with Crippen LogP contribution in [0.2, 0.25) is 0 Å². The first kappa shape index (κ1) is 22.9. The first-order valence-corrected chi connectivity index (χ1v) is 10.1. The number of amides is 4. The summed E-state index contributed by atoms with van der Waals surface area (Å²) in [5.41, 5.74) is 2.26. The van der Waals surface area contributed by atoms with Crippen molar-refractivity contribution in [1.29, 1.82) is 0 Å². The second-order valence-corrected chi connectivity index (χ2v) is 7.74. The van der Waals surface area contributed by atoms with Crippen LogP contribution in [0.5, 0.6) is 0 Å². The van der Waals surface area contributed by atoms with E-state index in [1.54, 1.807) is 24.3 Å². The highest BCUT2D eigenvalue weighted by Gasteiger charge is 2.24. The molecular formula is C23H30N4O3. The number of anilines is 2. The molecule has 7 heteroatoms. The Balaban J connectivity index is 1.88. The van der Waals surface area contributed by atoms with Crippen LogP contribution in [0.25, 0.3) is 0 Å². The lowest BCUT2D eigenvalue weighted by molar-refractivity contribution is -0.124. The molecule has 4 amide bonds. The van der Waals surface area contributed by atoms with Crippen LogP contribution in [0.1, 0.15) is 33.3 Å². The Morgan fingerprint density at radius 2 is 1.37 bits per heavy atom. The molecule has 0 aromatic heterocycles. The van der Waals surface area contributed by atoms with E-state index in [0.717, 1.165) is 5.56 Å². The summed E-state index contributed by atoms with van der Waals surface area (Å²) in [7, 11) is 0. The fourth-order valence-corrected chi connectivity index (χ4v) is 2.66.